The van der Waals surface area contributed by atoms with Crippen LogP contribution in [-0.4, -0.2) is 54.9 Å². The number of unbranched alkanes of at least 4 members (excludes halogenated alkanes) is 2. The Hall–Kier alpha value is 0.234. The van der Waals surface area contributed by atoms with Crippen molar-refractivity contribution in [1.82, 2.24) is 5.32 Å². The van der Waals surface area contributed by atoms with E-state index < -0.39 is 17.1 Å². The predicted octanol–water partition coefficient (Wildman–Crippen LogP) is 4.67. The number of nitrogens with one attached hydrogen (secondary N) is 1. The molecule has 158 valence electrons. The maximum Gasteiger partial charge on any atom is 0.352 e. The van der Waals surface area contributed by atoms with Gasteiger partial charge in [-0.1, -0.05) is 33.1 Å². The summed E-state index contributed by atoms with van der Waals surface area (Å²) in [4.78, 5) is 0. The molecule has 0 aliphatic heterocycles. The van der Waals surface area contributed by atoms with Gasteiger partial charge in [0, 0.05) is 26.4 Å². The molecule has 0 heterocycles. The third-order valence-electron chi connectivity index (χ3n) is 4.90. The van der Waals surface area contributed by atoms with Crippen LogP contribution in [0.4, 0.5) is 0 Å². The van der Waals surface area contributed by atoms with E-state index in [2.05, 4.69) is 60.0 Å². The summed E-state index contributed by atoms with van der Waals surface area (Å²) in [6.45, 7) is 19.8. The molecule has 0 saturated heterocycles. The van der Waals surface area contributed by atoms with Crippen molar-refractivity contribution in [1.29, 1.82) is 0 Å². The van der Waals surface area contributed by atoms with Crippen LogP contribution < -0.4 is 5.32 Å². The molecule has 0 spiro atoms. The second-order valence-corrected chi connectivity index (χ2v) is 13.6. The average molecular weight is 408 g/mol. The minimum absolute atomic E-state index is 0.224. The van der Waals surface area contributed by atoms with Gasteiger partial charge in [0.1, 0.15) is 0 Å². The summed E-state index contributed by atoms with van der Waals surface area (Å²) in [5, 5.41) is 3.91. The minimum Gasteiger partial charge on any atom is -0.394 e. The Kier molecular flexibility index (Phi) is 14.4. The quantitative estimate of drug-likeness (QED) is 0.280. The highest BCUT2D eigenvalue weighted by atomic mass is 28.4. The van der Waals surface area contributed by atoms with Crippen LogP contribution in [0.1, 0.15) is 73.6 Å². The maximum atomic E-state index is 6.23. The smallest absolute Gasteiger partial charge is 0.352 e. The average Bonchev–Trinajstić information content (AvgIpc) is 2.58. The van der Waals surface area contributed by atoms with Gasteiger partial charge in [-0.05, 0) is 53.6 Å². The van der Waals surface area contributed by atoms with Crippen molar-refractivity contribution in [3.63, 3.8) is 0 Å². The first-order chi connectivity index (χ1) is 12.4. The standard InChI is InChI=1S/C19H45NO4Si2/c1-9-15-16-17-19(26(8,23-13-5)24-14-6)20-18(10-2)25(7,21-11-3)22-12-4/h18-20H,9-17H2,1-8H3. The van der Waals surface area contributed by atoms with Crippen LogP contribution >= 0.6 is 0 Å². The van der Waals surface area contributed by atoms with Crippen molar-refractivity contribution in [3.8, 4) is 0 Å². The van der Waals surface area contributed by atoms with Crippen molar-refractivity contribution in [2.45, 2.75) is 98.1 Å². The van der Waals surface area contributed by atoms with E-state index >= 15 is 0 Å². The summed E-state index contributed by atoms with van der Waals surface area (Å²) in [5.41, 5.74) is 0.466. The minimum atomic E-state index is -2.33. The lowest BCUT2D eigenvalue weighted by Crippen LogP contribution is -2.66. The monoisotopic (exact) mass is 407 g/mol. The lowest BCUT2D eigenvalue weighted by atomic mass is 10.2. The van der Waals surface area contributed by atoms with Gasteiger partial charge in [-0.2, -0.15) is 0 Å². The van der Waals surface area contributed by atoms with Gasteiger partial charge in [-0.15, -0.1) is 0 Å². The van der Waals surface area contributed by atoms with Crippen molar-refractivity contribution < 1.29 is 17.7 Å². The zero-order valence-electron chi connectivity index (χ0n) is 18.7. The molecule has 2 unspecified atom stereocenters. The number of rotatable bonds is 17. The first kappa shape index (κ1) is 26.2. The topological polar surface area (TPSA) is 49.0 Å². The molecule has 0 aromatic heterocycles. The van der Waals surface area contributed by atoms with E-state index in [1.807, 2.05) is 0 Å². The van der Waals surface area contributed by atoms with Crippen LogP contribution in [0.25, 0.3) is 0 Å². The number of hydrogen-bond acceptors (Lipinski definition) is 5. The first-order valence-electron chi connectivity index (χ1n) is 10.7. The summed E-state index contributed by atoms with van der Waals surface area (Å²) in [6, 6.07) is 0. The fraction of sp³-hybridized carbons (Fsp3) is 1.00. The molecule has 0 aliphatic carbocycles. The predicted molar refractivity (Wildman–Crippen MR) is 115 cm³/mol. The summed E-state index contributed by atoms with van der Waals surface area (Å²) in [5.74, 6) is 0. The van der Waals surface area contributed by atoms with Crippen LogP contribution in [0.5, 0.6) is 0 Å². The molecular weight excluding hydrogens is 362 g/mol. The molecule has 0 saturated carbocycles. The Morgan fingerprint density at radius 3 is 1.42 bits per heavy atom. The molecule has 0 amide bonds. The van der Waals surface area contributed by atoms with E-state index in [1.54, 1.807) is 0 Å². The third kappa shape index (κ3) is 8.50. The molecule has 26 heavy (non-hydrogen) atoms. The fourth-order valence-corrected chi connectivity index (χ4v) is 9.52. The Bertz CT molecular complexity index is 336. The summed E-state index contributed by atoms with van der Waals surface area (Å²) in [6.07, 6.45) is 5.71. The van der Waals surface area contributed by atoms with E-state index in [-0.39, 0.29) is 11.3 Å². The molecule has 0 aromatic rings. The van der Waals surface area contributed by atoms with Gasteiger partial charge in [-0.25, -0.2) is 0 Å². The lowest BCUT2D eigenvalue weighted by molar-refractivity contribution is 0.156. The molecule has 0 rings (SSSR count). The molecule has 1 N–H and O–H groups in total. The van der Waals surface area contributed by atoms with Gasteiger partial charge in [0.25, 0.3) is 0 Å². The second kappa shape index (κ2) is 14.3. The van der Waals surface area contributed by atoms with Crippen LogP contribution in [0.3, 0.4) is 0 Å². The first-order valence-corrected chi connectivity index (χ1v) is 15.5. The lowest BCUT2D eigenvalue weighted by Gasteiger charge is -2.41. The van der Waals surface area contributed by atoms with Crippen LogP contribution in [-0.2, 0) is 17.7 Å². The SMILES string of the molecule is CCCCCC(NC(CC)[Si](C)(OCC)OCC)[Si](C)(OCC)OCC. The zero-order chi connectivity index (χ0) is 20.1. The van der Waals surface area contributed by atoms with Crippen molar-refractivity contribution in [2.24, 2.45) is 0 Å². The van der Waals surface area contributed by atoms with Crippen molar-refractivity contribution in [2.75, 3.05) is 26.4 Å². The van der Waals surface area contributed by atoms with Crippen LogP contribution in [0.2, 0.25) is 13.1 Å². The Labute approximate surface area is 165 Å². The largest absolute Gasteiger partial charge is 0.394 e. The van der Waals surface area contributed by atoms with Gasteiger partial charge < -0.3 is 23.0 Å². The van der Waals surface area contributed by atoms with E-state index in [1.165, 1.54) is 19.3 Å². The third-order valence-corrected chi connectivity index (χ3v) is 11.9. The number of hydrogen-bond donors (Lipinski definition) is 1. The second-order valence-electron chi connectivity index (χ2n) is 6.94. The zero-order valence-corrected chi connectivity index (χ0v) is 20.7. The van der Waals surface area contributed by atoms with E-state index in [0.717, 1.165) is 12.8 Å². The Morgan fingerprint density at radius 1 is 0.654 bits per heavy atom. The van der Waals surface area contributed by atoms with Gasteiger partial charge in [0.2, 0.25) is 0 Å². The molecule has 0 aromatic carbocycles. The molecule has 0 fully saturated rings. The highest BCUT2D eigenvalue weighted by Crippen LogP contribution is 2.23. The molecule has 2 atom stereocenters. The summed E-state index contributed by atoms with van der Waals surface area (Å²) < 4.78 is 24.8. The molecule has 7 heteroatoms. The van der Waals surface area contributed by atoms with Gasteiger partial charge >= 0.3 is 17.1 Å². The molecule has 0 aliphatic rings. The van der Waals surface area contributed by atoms with E-state index in [9.17, 15) is 0 Å². The highest BCUT2D eigenvalue weighted by Gasteiger charge is 2.46. The fourth-order valence-electron chi connectivity index (χ4n) is 3.61. The molecule has 0 bridgehead atoms. The Balaban J connectivity index is 5.49. The van der Waals surface area contributed by atoms with Crippen LogP contribution in [0, 0.1) is 0 Å². The molecule has 0 radical (unpaired) electrons. The van der Waals surface area contributed by atoms with E-state index in [4.69, 9.17) is 17.7 Å². The maximum absolute atomic E-state index is 6.23. The molecule has 5 nitrogen and oxygen atoms in total. The van der Waals surface area contributed by atoms with Crippen LogP contribution in [0.15, 0.2) is 0 Å². The molecular formula is C19H45NO4Si2. The summed E-state index contributed by atoms with van der Waals surface area (Å²) in [7, 11) is -4.65. The van der Waals surface area contributed by atoms with E-state index in [0.29, 0.717) is 26.4 Å². The normalized spacial score (nSPS) is 15.2. The summed E-state index contributed by atoms with van der Waals surface area (Å²) >= 11 is 0. The highest BCUT2D eigenvalue weighted by molar-refractivity contribution is 6.69. The van der Waals surface area contributed by atoms with Gasteiger partial charge in [0.15, 0.2) is 0 Å². The van der Waals surface area contributed by atoms with Crippen molar-refractivity contribution >= 4 is 17.1 Å². The Morgan fingerprint density at radius 2 is 1.08 bits per heavy atom. The van der Waals surface area contributed by atoms with Gasteiger partial charge in [0.05, 0.1) is 11.3 Å². The van der Waals surface area contributed by atoms with Gasteiger partial charge in [-0.3, -0.25) is 0 Å². The van der Waals surface area contributed by atoms with Crippen molar-refractivity contribution in [3.05, 3.63) is 0 Å².